The van der Waals surface area contributed by atoms with E-state index in [9.17, 15) is 21.6 Å². The highest BCUT2D eigenvalue weighted by Gasteiger charge is 2.20. The SMILES string of the molecule is NCc1ccc(S(=O)(=O)Nc2cc(F)cc(F)c2F)s1. The number of halogens is 3. The first-order chi connectivity index (χ1) is 9.33. The van der Waals surface area contributed by atoms with Gasteiger partial charge in [-0.2, -0.15) is 0 Å². The van der Waals surface area contributed by atoms with Gasteiger partial charge in [-0.15, -0.1) is 11.3 Å². The highest BCUT2D eigenvalue weighted by molar-refractivity contribution is 7.94. The Balaban J connectivity index is 2.38. The average molecular weight is 322 g/mol. The maximum absolute atomic E-state index is 13.4. The monoisotopic (exact) mass is 322 g/mol. The lowest BCUT2D eigenvalue weighted by Crippen LogP contribution is -2.13. The number of benzene rings is 1. The summed E-state index contributed by atoms with van der Waals surface area (Å²) in [5.74, 6) is -4.03. The van der Waals surface area contributed by atoms with E-state index >= 15 is 0 Å². The molecule has 0 aliphatic heterocycles. The summed E-state index contributed by atoms with van der Waals surface area (Å²) >= 11 is 0.888. The number of nitrogens with two attached hydrogens (primary N) is 1. The average Bonchev–Trinajstić information content (AvgIpc) is 2.84. The van der Waals surface area contributed by atoms with E-state index in [1.54, 1.807) is 0 Å². The third-order valence-corrected chi connectivity index (χ3v) is 5.31. The summed E-state index contributed by atoms with van der Waals surface area (Å²) in [7, 11) is -4.12. The van der Waals surface area contributed by atoms with E-state index in [1.807, 2.05) is 4.72 Å². The summed E-state index contributed by atoms with van der Waals surface area (Å²) in [6, 6.07) is 3.67. The molecular weight excluding hydrogens is 313 g/mol. The normalized spacial score (nSPS) is 11.6. The Morgan fingerprint density at radius 3 is 2.50 bits per heavy atom. The Labute approximate surface area is 117 Å². The molecule has 0 spiro atoms. The van der Waals surface area contributed by atoms with Crippen molar-refractivity contribution in [3.63, 3.8) is 0 Å². The standard InChI is InChI=1S/C11H9F3N2O2S2/c12-6-3-8(13)11(14)9(4-6)16-20(17,18)10-2-1-7(5-15)19-10/h1-4,16H,5,15H2. The first-order valence-electron chi connectivity index (χ1n) is 5.29. The molecule has 1 aromatic carbocycles. The van der Waals surface area contributed by atoms with Gasteiger partial charge in [-0.25, -0.2) is 21.6 Å². The van der Waals surface area contributed by atoms with Crippen molar-refractivity contribution in [1.82, 2.24) is 0 Å². The molecule has 3 N–H and O–H groups in total. The van der Waals surface area contributed by atoms with Crippen LogP contribution in [0, 0.1) is 17.5 Å². The van der Waals surface area contributed by atoms with Crippen molar-refractivity contribution < 1.29 is 21.6 Å². The zero-order valence-corrected chi connectivity index (χ0v) is 11.5. The van der Waals surface area contributed by atoms with Crippen LogP contribution in [-0.4, -0.2) is 8.42 Å². The number of hydrogen-bond donors (Lipinski definition) is 2. The third-order valence-electron chi connectivity index (χ3n) is 2.34. The van der Waals surface area contributed by atoms with Crippen LogP contribution in [0.5, 0.6) is 0 Å². The smallest absolute Gasteiger partial charge is 0.271 e. The Hall–Kier alpha value is -1.58. The molecule has 0 saturated carbocycles. The van der Waals surface area contributed by atoms with E-state index in [0.717, 1.165) is 11.3 Å². The van der Waals surface area contributed by atoms with Crippen LogP contribution in [0.3, 0.4) is 0 Å². The van der Waals surface area contributed by atoms with Crippen LogP contribution in [0.4, 0.5) is 18.9 Å². The molecule has 0 radical (unpaired) electrons. The molecule has 0 aliphatic carbocycles. The second-order valence-corrected chi connectivity index (χ2v) is 6.86. The molecule has 2 rings (SSSR count). The van der Waals surface area contributed by atoms with Crippen molar-refractivity contribution >= 4 is 27.0 Å². The molecule has 108 valence electrons. The maximum atomic E-state index is 13.4. The topological polar surface area (TPSA) is 72.2 Å². The minimum atomic E-state index is -4.12. The summed E-state index contributed by atoms with van der Waals surface area (Å²) in [5, 5.41) is 0. The number of thiophene rings is 1. The van der Waals surface area contributed by atoms with Crippen LogP contribution < -0.4 is 10.5 Å². The number of hydrogen-bond acceptors (Lipinski definition) is 4. The largest absolute Gasteiger partial charge is 0.326 e. The van der Waals surface area contributed by atoms with Crippen LogP contribution in [-0.2, 0) is 16.6 Å². The molecule has 0 fully saturated rings. The van der Waals surface area contributed by atoms with E-state index in [2.05, 4.69) is 0 Å². The Morgan fingerprint density at radius 1 is 1.20 bits per heavy atom. The fourth-order valence-corrected chi connectivity index (χ4v) is 3.72. The lowest BCUT2D eigenvalue weighted by molar-refractivity contribution is 0.498. The summed E-state index contributed by atoms with van der Waals surface area (Å²) in [4.78, 5) is 0.608. The fraction of sp³-hybridized carbons (Fsp3) is 0.0909. The highest BCUT2D eigenvalue weighted by atomic mass is 32.2. The van der Waals surface area contributed by atoms with Crippen LogP contribution in [0.1, 0.15) is 4.88 Å². The van der Waals surface area contributed by atoms with Crippen LogP contribution in [0.15, 0.2) is 28.5 Å². The molecule has 0 bridgehead atoms. The predicted molar refractivity (Wildman–Crippen MR) is 69.3 cm³/mol. The van der Waals surface area contributed by atoms with Gasteiger partial charge < -0.3 is 5.73 Å². The van der Waals surface area contributed by atoms with Crippen molar-refractivity contribution in [2.45, 2.75) is 10.8 Å². The van der Waals surface area contributed by atoms with Crippen LogP contribution >= 0.6 is 11.3 Å². The zero-order chi connectivity index (χ0) is 14.9. The number of anilines is 1. The lowest BCUT2D eigenvalue weighted by Gasteiger charge is -2.08. The van der Waals surface area contributed by atoms with E-state index in [-0.39, 0.29) is 10.8 Å². The van der Waals surface area contributed by atoms with E-state index < -0.39 is 33.2 Å². The third kappa shape index (κ3) is 2.94. The molecule has 9 heteroatoms. The summed E-state index contributed by atoms with van der Waals surface area (Å²) in [6.07, 6.45) is 0. The van der Waals surface area contributed by atoms with Crippen molar-refractivity contribution in [3.8, 4) is 0 Å². The Kier molecular flexibility index (Phi) is 4.02. The van der Waals surface area contributed by atoms with Crippen molar-refractivity contribution in [3.05, 3.63) is 46.6 Å². The minimum Gasteiger partial charge on any atom is -0.326 e. The second-order valence-electron chi connectivity index (χ2n) is 3.78. The molecule has 0 atom stereocenters. The van der Waals surface area contributed by atoms with Gasteiger partial charge in [-0.1, -0.05) is 0 Å². The van der Waals surface area contributed by atoms with Gasteiger partial charge in [-0.3, -0.25) is 4.72 Å². The maximum Gasteiger partial charge on any atom is 0.271 e. The van der Waals surface area contributed by atoms with Gasteiger partial charge in [0, 0.05) is 23.6 Å². The summed E-state index contributed by atoms with van der Waals surface area (Å²) in [6.45, 7) is 0.156. The molecule has 4 nitrogen and oxygen atoms in total. The summed E-state index contributed by atoms with van der Waals surface area (Å²) < 4.78 is 65.0. The quantitative estimate of drug-likeness (QED) is 0.849. The van der Waals surface area contributed by atoms with E-state index in [4.69, 9.17) is 5.73 Å². The number of rotatable bonds is 4. The second kappa shape index (κ2) is 5.43. The van der Waals surface area contributed by atoms with Crippen LogP contribution in [0.25, 0.3) is 0 Å². The molecule has 2 aromatic rings. The summed E-state index contributed by atoms with van der Waals surface area (Å²) in [5.41, 5.74) is 4.57. The molecule has 20 heavy (non-hydrogen) atoms. The lowest BCUT2D eigenvalue weighted by atomic mass is 10.3. The van der Waals surface area contributed by atoms with E-state index in [1.165, 1.54) is 12.1 Å². The number of nitrogens with one attached hydrogen (secondary N) is 1. The Bertz CT molecular complexity index is 744. The molecule has 1 aromatic heterocycles. The van der Waals surface area contributed by atoms with Gasteiger partial charge in [0.05, 0.1) is 5.69 Å². The fourth-order valence-electron chi connectivity index (χ4n) is 1.44. The van der Waals surface area contributed by atoms with Gasteiger partial charge in [0.25, 0.3) is 10.0 Å². The minimum absolute atomic E-state index is 0.123. The van der Waals surface area contributed by atoms with Gasteiger partial charge in [0.1, 0.15) is 10.0 Å². The van der Waals surface area contributed by atoms with Crippen LogP contribution in [0.2, 0.25) is 0 Å². The first kappa shape index (κ1) is 14.8. The van der Waals surface area contributed by atoms with E-state index in [0.29, 0.717) is 17.0 Å². The molecular formula is C11H9F3N2O2S2. The predicted octanol–water partition coefficient (Wildman–Crippen LogP) is 2.42. The first-order valence-corrected chi connectivity index (χ1v) is 7.59. The molecule has 0 unspecified atom stereocenters. The molecule has 1 heterocycles. The van der Waals surface area contributed by atoms with Gasteiger partial charge >= 0.3 is 0 Å². The van der Waals surface area contributed by atoms with Gasteiger partial charge in [0.15, 0.2) is 11.6 Å². The van der Waals surface area contributed by atoms with Crippen molar-refractivity contribution in [2.24, 2.45) is 5.73 Å². The van der Waals surface area contributed by atoms with Crippen molar-refractivity contribution in [2.75, 3.05) is 4.72 Å². The highest BCUT2D eigenvalue weighted by Crippen LogP contribution is 2.26. The van der Waals surface area contributed by atoms with Crippen molar-refractivity contribution in [1.29, 1.82) is 0 Å². The number of sulfonamides is 1. The van der Waals surface area contributed by atoms with Gasteiger partial charge in [0.2, 0.25) is 0 Å². The van der Waals surface area contributed by atoms with Gasteiger partial charge in [-0.05, 0) is 12.1 Å². The molecule has 0 aliphatic rings. The zero-order valence-electron chi connectivity index (χ0n) is 9.86. The molecule has 0 saturated heterocycles. The Morgan fingerprint density at radius 2 is 1.90 bits per heavy atom. The molecule has 0 amide bonds.